The van der Waals surface area contributed by atoms with E-state index in [0.29, 0.717) is 13.0 Å². The Kier molecular flexibility index (Phi) is 6.19. The largest absolute Gasteiger partial charge is 0.481 e. The molecule has 0 heterocycles. The van der Waals surface area contributed by atoms with Crippen molar-refractivity contribution in [3.63, 3.8) is 0 Å². The van der Waals surface area contributed by atoms with Crippen molar-refractivity contribution in [3.8, 4) is 0 Å². The van der Waals surface area contributed by atoms with Gasteiger partial charge in [0, 0.05) is 12.6 Å². The van der Waals surface area contributed by atoms with Gasteiger partial charge in [-0.05, 0) is 6.42 Å². The highest BCUT2D eigenvalue weighted by atomic mass is 16.4. The molecule has 0 aliphatic rings. The Morgan fingerprint density at radius 2 is 2.21 bits per heavy atom. The van der Waals surface area contributed by atoms with Crippen LogP contribution in [0.5, 0.6) is 0 Å². The summed E-state index contributed by atoms with van der Waals surface area (Å²) in [5, 5.41) is 13.6. The molecule has 0 radical (unpaired) electrons. The molecule has 3 N–H and O–H groups in total. The van der Waals surface area contributed by atoms with Gasteiger partial charge in [0.2, 0.25) is 0 Å². The van der Waals surface area contributed by atoms with Crippen molar-refractivity contribution in [2.45, 2.75) is 25.8 Å². The average molecular weight is 200 g/mol. The molecule has 0 fully saturated rings. The van der Waals surface area contributed by atoms with E-state index in [1.165, 1.54) is 0 Å². The summed E-state index contributed by atoms with van der Waals surface area (Å²) in [6, 6.07) is -0.685. The molecular formula is C9H16N2O3. The smallest absolute Gasteiger partial charge is 0.315 e. The maximum absolute atomic E-state index is 11.1. The van der Waals surface area contributed by atoms with Crippen molar-refractivity contribution >= 4 is 12.0 Å². The molecular weight excluding hydrogens is 184 g/mol. The number of rotatable bonds is 6. The van der Waals surface area contributed by atoms with Gasteiger partial charge in [0.15, 0.2) is 0 Å². The predicted molar refractivity (Wildman–Crippen MR) is 53.1 cm³/mol. The van der Waals surface area contributed by atoms with E-state index < -0.39 is 5.97 Å². The summed E-state index contributed by atoms with van der Waals surface area (Å²) in [6.07, 6.45) is 2.09. The van der Waals surface area contributed by atoms with Crippen molar-refractivity contribution in [3.05, 3.63) is 12.7 Å². The van der Waals surface area contributed by atoms with Crippen LogP contribution in [0.2, 0.25) is 0 Å². The first kappa shape index (κ1) is 12.5. The number of amides is 2. The highest BCUT2D eigenvalue weighted by Gasteiger charge is 2.12. The van der Waals surface area contributed by atoms with Gasteiger partial charge in [-0.25, -0.2) is 4.79 Å². The van der Waals surface area contributed by atoms with Crippen LogP contribution in [-0.4, -0.2) is 29.7 Å². The summed E-state index contributed by atoms with van der Waals surface area (Å²) in [5.74, 6) is -0.916. The third kappa shape index (κ3) is 6.05. The fourth-order valence-electron chi connectivity index (χ4n) is 0.910. The molecule has 0 saturated heterocycles. The molecule has 1 unspecified atom stereocenters. The number of carbonyl (C=O) groups excluding carboxylic acids is 1. The lowest BCUT2D eigenvalue weighted by Gasteiger charge is -2.14. The molecule has 0 bridgehead atoms. The quantitative estimate of drug-likeness (QED) is 0.553. The standard InChI is InChI=1S/C9H16N2O3/c1-3-5-10-9(14)11-7(4-2)6-8(12)13/h3,7H,1,4-6H2,2H3,(H,12,13)(H2,10,11,14). The number of carboxylic acids is 1. The molecule has 5 nitrogen and oxygen atoms in total. The van der Waals surface area contributed by atoms with Crippen molar-refractivity contribution in [2.24, 2.45) is 0 Å². The second-order valence-electron chi connectivity index (χ2n) is 2.85. The summed E-state index contributed by atoms with van der Waals surface area (Å²) in [6.45, 7) is 5.63. The van der Waals surface area contributed by atoms with Gasteiger partial charge in [-0.1, -0.05) is 13.0 Å². The van der Waals surface area contributed by atoms with E-state index in [0.717, 1.165) is 0 Å². The van der Waals surface area contributed by atoms with Gasteiger partial charge in [-0.15, -0.1) is 6.58 Å². The van der Waals surface area contributed by atoms with Crippen molar-refractivity contribution < 1.29 is 14.7 Å². The minimum absolute atomic E-state index is 0.0575. The first-order valence-corrected chi connectivity index (χ1v) is 4.47. The molecule has 5 heteroatoms. The number of carboxylic acid groups (broad SMARTS) is 1. The lowest BCUT2D eigenvalue weighted by molar-refractivity contribution is -0.137. The molecule has 2 amide bonds. The highest BCUT2D eigenvalue weighted by molar-refractivity contribution is 5.75. The van der Waals surface area contributed by atoms with Crippen molar-refractivity contribution in [2.75, 3.05) is 6.54 Å². The first-order valence-electron chi connectivity index (χ1n) is 4.47. The monoisotopic (exact) mass is 200 g/mol. The van der Waals surface area contributed by atoms with E-state index in [-0.39, 0.29) is 18.5 Å². The van der Waals surface area contributed by atoms with Crippen LogP contribution in [0, 0.1) is 0 Å². The number of nitrogens with one attached hydrogen (secondary N) is 2. The van der Waals surface area contributed by atoms with E-state index >= 15 is 0 Å². The Hall–Kier alpha value is -1.52. The van der Waals surface area contributed by atoms with Crippen LogP contribution >= 0.6 is 0 Å². The molecule has 0 aliphatic heterocycles. The van der Waals surface area contributed by atoms with Crippen LogP contribution < -0.4 is 10.6 Å². The lowest BCUT2D eigenvalue weighted by Crippen LogP contribution is -2.42. The fourth-order valence-corrected chi connectivity index (χ4v) is 0.910. The van der Waals surface area contributed by atoms with Gasteiger partial charge >= 0.3 is 12.0 Å². The minimum atomic E-state index is -0.916. The lowest BCUT2D eigenvalue weighted by atomic mass is 10.1. The molecule has 0 saturated carbocycles. The van der Waals surface area contributed by atoms with E-state index in [1.807, 2.05) is 6.92 Å². The second-order valence-corrected chi connectivity index (χ2v) is 2.85. The Balaban J connectivity index is 3.85. The number of hydrogen-bond acceptors (Lipinski definition) is 2. The van der Waals surface area contributed by atoms with E-state index in [9.17, 15) is 9.59 Å². The summed E-state index contributed by atoms with van der Waals surface area (Å²) < 4.78 is 0. The predicted octanol–water partition coefficient (Wildman–Crippen LogP) is 0.725. The molecule has 80 valence electrons. The number of hydrogen-bond donors (Lipinski definition) is 3. The van der Waals surface area contributed by atoms with Crippen LogP contribution in [0.25, 0.3) is 0 Å². The van der Waals surface area contributed by atoms with Gasteiger partial charge in [-0.2, -0.15) is 0 Å². The fraction of sp³-hybridized carbons (Fsp3) is 0.556. The molecule has 14 heavy (non-hydrogen) atoms. The van der Waals surface area contributed by atoms with Crippen LogP contribution in [0.1, 0.15) is 19.8 Å². The molecule has 0 aliphatic carbocycles. The van der Waals surface area contributed by atoms with Gasteiger partial charge in [-0.3, -0.25) is 4.79 Å². The summed E-state index contributed by atoms with van der Waals surface area (Å²) >= 11 is 0. The Labute approximate surface area is 83.2 Å². The normalized spacial score (nSPS) is 11.5. The molecule has 0 aromatic heterocycles. The summed E-state index contributed by atoms with van der Waals surface area (Å²) in [4.78, 5) is 21.5. The van der Waals surface area contributed by atoms with Gasteiger partial charge in [0.05, 0.1) is 6.42 Å². The van der Waals surface area contributed by atoms with Gasteiger partial charge in [0.1, 0.15) is 0 Å². The molecule has 0 aromatic rings. The van der Waals surface area contributed by atoms with E-state index in [4.69, 9.17) is 5.11 Å². The van der Waals surface area contributed by atoms with Crippen molar-refractivity contribution in [1.82, 2.24) is 10.6 Å². The van der Waals surface area contributed by atoms with Gasteiger partial charge < -0.3 is 15.7 Å². The van der Waals surface area contributed by atoms with Crippen LogP contribution in [0.15, 0.2) is 12.7 Å². The Bertz CT molecular complexity index is 216. The first-order chi connectivity index (χ1) is 6.60. The minimum Gasteiger partial charge on any atom is -0.481 e. The zero-order chi connectivity index (χ0) is 11.0. The SMILES string of the molecule is C=CCNC(=O)NC(CC)CC(=O)O. The Morgan fingerprint density at radius 1 is 1.57 bits per heavy atom. The summed E-state index contributed by atoms with van der Waals surface area (Å²) in [7, 11) is 0. The number of aliphatic carboxylic acids is 1. The third-order valence-corrected chi connectivity index (χ3v) is 1.66. The topological polar surface area (TPSA) is 78.4 Å². The second kappa shape index (κ2) is 6.94. The third-order valence-electron chi connectivity index (χ3n) is 1.66. The molecule has 1 atom stereocenters. The number of urea groups is 1. The van der Waals surface area contributed by atoms with Crippen LogP contribution in [-0.2, 0) is 4.79 Å². The zero-order valence-electron chi connectivity index (χ0n) is 8.25. The van der Waals surface area contributed by atoms with Crippen molar-refractivity contribution in [1.29, 1.82) is 0 Å². The van der Waals surface area contributed by atoms with E-state index in [2.05, 4.69) is 17.2 Å². The molecule has 0 aromatic carbocycles. The van der Waals surface area contributed by atoms with E-state index in [1.54, 1.807) is 6.08 Å². The maximum Gasteiger partial charge on any atom is 0.315 e. The molecule has 0 rings (SSSR count). The number of carbonyl (C=O) groups is 2. The Morgan fingerprint density at radius 3 is 2.64 bits per heavy atom. The van der Waals surface area contributed by atoms with Gasteiger partial charge in [0.25, 0.3) is 0 Å². The van der Waals surface area contributed by atoms with Crippen LogP contribution in [0.3, 0.4) is 0 Å². The highest BCUT2D eigenvalue weighted by Crippen LogP contribution is 1.96. The van der Waals surface area contributed by atoms with Crippen LogP contribution in [0.4, 0.5) is 4.79 Å². The zero-order valence-corrected chi connectivity index (χ0v) is 8.25. The summed E-state index contributed by atoms with van der Waals surface area (Å²) in [5.41, 5.74) is 0. The average Bonchev–Trinajstić information content (AvgIpc) is 2.12. The maximum atomic E-state index is 11.1. The molecule has 0 spiro atoms.